The van der Waals surface area contributed by atoms with Crippen LogP contribution in [0.3, 0.4) is 0 Å². The number of carbonyl (C=O) groups excluding carboxylic acids is 1. The van der Waals surface area contributed by atoms with E-state index in [2.05, 4.69) is 4.74 Å². The molecular formula is C27H30FNO4. The zero-order valence-electron chi connectivity index (χ0n) is 19.3. The van der Waals surface area contributed by atoms with Crippen LogP contribution in [0.15, 0.2) is 72.8 Å². The SMILES string of the molecule is CC.COC(=O)CCc1ccc(OCc2ccc(OCC(=N)c3ccccc3)cc2)cc1F. The fraction of sp³-hybridized carbons (Fsp3) is 0.259. The number of methoxy groups -OCH3 is 1. The number of hydrogen-bond acceptors (Lipinski definition) is 5. The van der Waals surface area contributed by atoms with Gasteiger partial charge >= 0.3 is 5.97 Å². The second kappa shape index (κ2) is 13.7. The molecule has 3 aromatic carbocycles. The van der Waals surface area contributed by atoms with E-state index in [1.54, 1.807) is 12.1 Å². The summed E-state index contributed by atoms with van der Waals surface area (Å²) in [5.74, 6) is 0.288. The number of ether oxygens (including phenoxy) is 3. The van der Waals surface area contributed by atoms with Crippen LogP contribution in [0.5, 0.6) is 11.5 Å². The highest BCUT2D eigenvalue weighted by atomic mass is 19.1. The molecule has 0 radical (unpaired) electrons. The average molecular weight is 452 g/mol. The van der Waals surface area contributed by atoms with Gasteiger partial charge < -0.3 is 19.6 Å². The van der Waals surface area contributed by atoms with Crippen molar-refractivity contribution in [2.24, 2.45) is 0 Å². The number of rotatable bonds is 10. The normalized spacial score (nSPS) is 9.94. The molecular weight excluding hydrogens is 421 g/mol. The van der Waals surface area contributed by atoms with Crippen molar-refractivity contribution in [1.82, 2.24) is 0 Å². The number of carbonyl (C=O) groups is 1. The lowest BCUT2D eigenvalue weighted by Crippen LogP contribution is -2.11. The molecule has 0 saturated carbocycles. The Morgan fingerprint density at radius 2 is 1.58 bits per heavy atom. The van der Waals surface area contributed by atoms with Crippen LogP contribution in [-0.2, 0) is 22.6 Å². The van der Waals surface area contributed by atoms with Crippen molar-refractivity contribution in [2.75, 3.05) is 13.7 Å². The summed E-state index contributed by atoms with van der Waals surface area (Å²) < 4.78 is 30.1. The zero-order valence-corrected chi connectivity index (χ0v) is 19.3. The molecule has 0 spiro atoms. The number of benzene rings is 3. The molecule has 0 heterocycles. The lowest BCUT2D eigenvalue weighted by atomic mass is 10.1. The van der Waals surface area contributed by atoms with Crippen LogP contribution in [0.4, 0.5) is 4.39 Å². The first-order chi connectivity index (χ1) is 16.0. The molecule has 0 atom stereocenters. The van der Waals surface area contributed by atoms with E-state index >= 15 is 0 Å². The van der Waals surface area contributed by atoms with Gasteiger partial charge in [-0.15, -0.1) is 0 Å². The maximum atomic E-state index is 14.2. The van der Waals surface area contributed by atoms with Gasteiger partial charge in [0.05, 0.1) is 12.8 Å². The smallest absolute Gasteiger partial charge is 0.305 e. The Labute approximate surface area is 194 Å². The van der Waals surface area contributed by atoms with Gasteiger partial charge in [0.15, 0.2) is 0 Å². The van der Waals surface area contributed by atoms with E-state index in [0.29, 0.717) is 22.8 Å². The van der Waals surface area contributed by atoms with Crippen LogP contribution in [-0.4, -0.2) is 25.4 Å². The monoisotopic (exact) mass is 451 g/mol. The summed E-state index contributed by atoms with van der Waals surface area (Å²) in [4.78, 5) is 11.2. The molecule has 0 aliphatic carbocycles. The molecule has 6 heteroatoms. The van der Waals surface area contributed by atoms with E-state index in [1.807, 2.05) is 68.4 Å². The molecule has 1 N–H and O–H groups in total. The first-order valence-electron chi connectivity index (χ1n) is 10.9. The molecule has 0 fully saturated rings. The summed E-state index contributed by atoms with van der Waals surface area (Å²) in [5, 5.41) is 8.07. The first-order valence-corrected chi connectivity index (χ1v) is 10.9. The Morgan fingerprint density at radius 1 is 0.909 bits per heavy atom. The minimum Gasteiger partial charge on any atom is -0.489 e. The van der Waals surface area contributed by atoms with Crippen LogP contribution in [0, 0.1) is 11.2 Å². The predicted molar refractivity (Wildman–Crippen MR) is 128 cm³/mol. The van der Waals surface area contributed by atoms with Crippen molar-refractivity contribution in [3.8, 4) is 11.5 Å². The van der Waals surface area contributed by atoms with Crippen LogP contribution < -0.4 is 9.47 Å². The summed E-state index contributed by atoms with van der Waals surface area (Å²) >= 11 is 0. The van der Waals surface area contributed by atoms with Crippen molar-refractivity contribution in [2.45, 2.75) is 33.3 Å². The Hall–Kier alpha value is -3.67. The number of aryl methyl sites for hydroxylation is 1. The fourth-order valence-corrected chi connectivity index (χ4v) is 2.89. The molecule has 0 aliphatic heterocycles. The lowest BCUT2D eigenvalue weighted by molar-refractivity contribution is -0.140. The molecule has 3 rings (SSSR count). The largest absolute Gasteiger partial charge is 0.489 e. The van der Waals surface area contributed by atoms with E-state index in [1.165, 1.54) is 13.2 Å². The molecule has 3 aromatic rings. The molecule has 174 valence electrons. The Bertz CT molecular complexity index is 1020. The zero-order chi connectivity index (χ0) is 24.1. The topological polar surface area (TPSA) is 68.6 Å². The third-order valence-corrected chi connectivity index (χ3v) is 4.68. The average Bonchev–Trinajstić information content (AvgIpc) is 2.87. The molecule has 0 aromatic heterocycles. The van der Waals surface area contributed by atoms with Crippen molar-refractivity contribution in [3.05, 3.63) is 95.3 Å². The van der Waals surface area contributed by atoms with Gasteiger partial charge in [-0.25, -0.2) is 4.39 Å². The predicted octanol–water partition coefficient (Wildman–Crippen LogP) is 5.98. The summed E-state index contributed by atoms with van der Waals surface area (Å²) in [5.41, 5.74) is 2.59. The van der Waals surface area contributed by atoms with Gasteiger partial charge in [0.25, 0.3) is 0 Å². The molecule has 0 unspecified atom stereocenters. The van der Waals surface area contributed by atoms with Gasteiger partial charge in [-0.2, -0.15) is 0 Å². The Balaban J connectivity index is 0.00000187. The van der Waals surface area contributed by atoms with Gasteiger partial charge in [0, 0.05) is 12.5 Å². The minimum atomic E-state index is -0.411. The van der Waals surface area contributed by atoms with Crippen LogP contribution in [0.2, 0.25) is 0 Å². The fourth-order valence-electron chi connectivity index (χ4n) is 2.89. The van der Waals surface area contributed by atoms with E-state index in [9.17, 15) is 9.18 Å². The van der Waals surface area contributed by atoms with Gasteiger partial charge in [0.2, 0.25) is 0 Å². The van der Waals surface area contributed by atoms with Crippen molar-refractivity contribution >= 4 is 11.7 Å². The molecule has 0 saturated heterocycles. The second-order valence-electron chi connectivity index (χ2n) is 6.90. The molecule has 0 amide bonds. The number of esters is 1. The molecule has 0 aliphatic rings. The highest BCUT2D eigenvalue weighted by molar-refractivity contribution is 5.99. The second-order valence-corrected chi connectivity index (χ2v) is 6.90. The van der Waals surface area contributed by atoms with Crippen LogP contribution >= 0.6 is 0 Å². The summed E-state index contributed by atoms with van der Waals surface area (Å²) in [6.45, 7) is 4.46. The van der Waals surface area contributed by atoms with E-state index in [-0.39, 0.29) is 32.0 Å². The van der Waals surface area contributed by atoms with E-state index in [0.717, 1.165) is 11.1 Å². The summed E-state index contributed by atoms with van der Waals surface area (Å²) in [6.07, 6.45) is 0.412. The highest BCUT2D eigenvalue weighted by Crippen LogP contribution is 2.20. The number of hydrogen-bond donors (Lipinski definition) is 1. The third-order valence-electron chi connectivity index (χ3n) is 4.68. The maximum Gasteiger partial charge on any atom is 0.305 e. The summed E-state index contributed by atoms with van der Waals surface area (Å²) in [6, 6.07) is 21.4. The number of nitrogens with one attached hydrogen (secondary N) is 1. The van der Waals surface area contributed by atoms with Gasteiger partial charge in [0.1, 0.15) is 30.5 Å². The van der Waals surface area contributed by atoms with Crippen molar-refractivity contribution in [3.63, 3.8) is 0 Å². The quantitative estimate of drug-likeness (QED) is 0.304. The van der Waals surface area contributed by atoms with Crippen molar-refractivity contribution in [1.29, 1.82) is 5.41 Å². The van der Waals surface area contributed by atoms with Gasteiger partial charge in [-0.3, -0.25) is 4.79 Å². The summed E-state index contributed by atoms with van der Waals surface area (Å²) in [7, 11) is 1.31. The number of halogens is 1. The lowest BCUT2D eigenvalue weighted by Gasteiger charge is -2.10. The van der Waals surface area contributed by atoms with E-state index < -0.39 is 5.82 Å². The third kappa shape index (κ3) is 8.41. The van der Waals surface area contributed by atoms with E-state index in [4.69, 9.17) is 14.9 Å². The standard InChI is InChI=1S/C25H24FNO4.C2H6/c1-29-25(28)14-10-19-9-13-22(15-23(19)26)30-16-18-7-11-21(12-8-18)31-17-24(27)20-5-3-2-4-6-20;1-2/h2-9,11-13,15,27H,10,14,16-17H2,1H3;1-2H3. The van der Waals surface area contributed by atoms with Crippen LogP contribution in [0.1, 0.15) is 37.0 Å². The van der Waals surface area contributed by atoms with Gasteiger partial charge in [-0.1, -0.05) is 62.4 Å². The maximum absolute atomic E-state index is 14.2. The minimum absolute atomic E-state index is 0.132. The first kappa shape index (κ1) is 25.6. The van der Waals surface area contributed by atoms with Crippen LogP contribution in [0.25, 0.3) is 0 Å². The highest BCUT2D eigenvalue weighted by Gasteiger charge is 2.08. The molecule has 5 nitrogen and oxygen atoms in total. The van der Waals surface area contributed by atoms with Crippen molar-refractivity contribution < 1.29 is 23.4 Å². The van der Waals surface area contributed by atoms with Gasteiger partial charge in [-0.05, 0) is 41.3 Å². The molecule has 0 bridgehead atoms. The Morgan fingerprint density at radius 3 is 2.21 bits per heavy atom. The molecule has 33 heavy (non-hydrogen) atoms. The Kier molecular flexibility index (Phi) is 10.6.